The van der Waals surface area contributed by atoms with Crippen LogP contribution in [-0.4, -0.2) is 27.6 Å². The Kier molecular flexibility index (Phi) is 5.47. The molecule has 4 aromatic rings. The molecule has 0 bridgehead atoms. The van der Waals surface area contributed by atoms with Gasteiger partial charge in [0.15, 0.2) is 5.69 Å². The van der Waals surface area contributed by atoms with Crippen LogP contribution in [-0.2, 0) is 13.0 Å². The number of halogens is 1. The first-order chi connectivity index (χ1) is 14.2. The van der Waals surface area contributed by atoms with Crippen molar-refractivity contribution in [1.82, 2.24) is 20.5 Å². The minimum Gasteiger partial charge on any atom is -0.368 e. The summed E-state index contributed by atoms with van der Waals surface area (Å²) in [5, 5.41) is 15.1. The number of hydrogen-bond acceptors (Lipinski definition) is 4. The molecule has 2 aromatic heterocycles. The van der Waals surface area contributed by atoms with Gasteiger partial charge in [-0.3, -0.25) is 4.79 Å². The van der Waals surface area contributed by atoms with Gasteiger partial charge in [0.25, 0.3) is 5.91 Å². The molecule has 146 valence electrons. The van der Waals surface area contributed by atoms with Crippen LogP contribution in [0.1, 0.15) is 21.6 Å². The summed E-state index contributed by atoms with van der Waals surface area (Å²) < 4.78 is 13.6. The van der Waals surface area contributed by atoms with Gasteiger partial charge < -0.3 is 15.6 Å². The molecule has 0 unspecified atom stereocenters. The summed E-state index contributed by atoms with van der Waals surface area (Å²) in [5.41, 5.74) is 2.95. The van der Waals surface area contributed by atoms with E-state index in [1.165, 1.54) is 17.0 Å². The molecule has 3 N–H and O–H groups in total. The average molecular weight is 389 g/mol. The summed E-state index contributed by atoms with van der Waals surface area (Å²) in [5.74, 6) is -0.157. The SMILES string of the molecule is O=C(NCc1ccccc1F)c1ccc(NCCc2c[nH]c3ccccc23)nn1. The maximum Gasteiger partial charge on any atom is 0.272 e. The number of carbonyl (C=O) groups excluding carboxylic acids is 1. The number of aromatic nitrogens is 3. The molecule has 1 amide bonds. The highest BCUT2D eigenvalue weighted by Crippen LogP contribution is 2.18. The first-order valence-corrected chi connectivity index (χ1v) is 9.35. The van der Waals surface area contributed by atoms with Crippen LogP contribution in [0.4, 0.5) is 10.2 Å². The molecule has 0 spiro atoms. The van der Waals surface area contributed by atoms with Gasteiger partial charge in [-0.05, 0) is 36.2 Å². The lowest BCUT2D eigenvalue weighted by atomic mass is 10.1. The van der Waals surface area contributed by atoms with Gasteiger partial charge in [0, 0.05) is 35.8 Å². The van der Waals surface area contributed by atoms with E-state index in [1.807, 2.05) is 24.4 Å². The van der Waals surface area contributed by atoms with Crippen LogP contribution in [0.25, 0.3) is 10.9 Å². The molecular weight excluding hydrogens is 369 g/mol. The number of rotatable bonds is 7. The minimum atomic E-state index is -0.397. The number of fused-ring (bicyclic) bond motifs is 1. The lowest BCUT2D eigenvalue weighted by Crippen LogP contribution is -2.24. The number of hydrogen-bond donors (Lipinski definition) is 3. The first-order valence-electron chi connectivity index (χ1n) is 9.35. The Bertz CT molecular complexity index is 1120. The minimum absolute atomic E-state index is 0.0950. The van der Waals surface area contributed by atoms with E-state index in [9.17, 15) is 9.18 Å². The van der Waals surface area contributed by atoms with E-state index in [-0.39, 0.29) is 18.1 Å². The van der Waals surface area contributed by atoms with Crippen molar-refractivity contribution in [2.75, 3.05) is 11.9 Å². The van der Waals surface area contributed by atoms with Crippen molar-refractivity contribution in [2.24, 2.45) is 0 Å². The normalized spacial score (nSPS) is 10.8. The summed E-state index contributed by atoms with van der Waals surface area (Å²) in [6.45, 7) is 0.785. The Morgan fingerprint density at radius 2 is 1.79 bits per heavy atom. The van der Waals surface area contributed by atoms with Crippen LogP contribution < -0.4 is 10.6 Å². The predicted octanol–water partition coefficient (Wildman–Crippen LogP) is 3.68. The zero-order valence-electron chi connectivity index (χ0n) is 15.7. The summed E-state index contributed by atoms with van der Waals surface area (Å²) in [6, 6.07) is 17.8. The molecule has 2 heterocycles. The van der Waals surface area contributed by atoms with Crippen molar-refractivity contribution in [3.8, 4) is 0 Å². The largest absolute Gasteiger partial charge is 0.368 e. The molecule has 0 atom stereocenters. The van der Waals surface area contributed by atoms with Crippen molar-refractivity contribution in [2.45, 2.75) is 13.0 Å². The quantitative estimate of drug-likeness (QED) is 0.450. The molecule has 29 heavy (non-hydrogen) atoms. The van der Waals surface area contributed by atoms with Crippen molar-refractivity contribution in [3.05, 3.63) is 89.5 Å². The summed E-state index contributed by atoms with van der Waals surface area (Å²) in [6.07, 6.45) is 2.84. The van der Waals surface area contributed by atoms with Crippen LogP contribution in [0.3, 0.4) is 0 Å². The zero-order valence-corrected chi connectivity index (χ0v) is 15.7. The fraction of sp³-hybridized carbons (Fsp3) is 0.136. The van der Waals surface area contributed by atoms with Gasteiger partial charge in [-0.2, -0.15) is 0 Å². The number of para-hydroxylation sites is 1. The molecule has 0 aliphatic rings. The number of anilines is 1. The zero-order chi connectivity index (χ0) is 20.1. The maximum atomic E-state index is 13.6. The molecule has 0 radical (unpaired) electrons. The van der Waals surface area contributed by atoms with Crippen molar-refractivity contribution >= 4 is 22.6 Å². The van der Waals surface area contributed by atoms with Crippen LogP contribution in [0.2, 0.25) is 0 Å². The molecule has 0 aliphatic carbocycles. The second-order valence-electron chi connectivity index (χ2n) is 6.61. The van der Waals surface area contributed by atoms with E-state index in [1.54, 1.807) is 30.3 Å². The summed E-state index contributed by atoms with van der Waals surface area (Å²) >= 11 is 0. The Morgan fingerprint density at radius 1 is 0.966 bits per heavy atom. The molecule has 2 aromatic carbocycles. The third-order valence-electron chi connectivity index (χ3n) is 4.67. The molecule has 0 saturated carbocycles. The van der Waals surface area contributed by atoms with Gasteiger partial charge >= 0.3 is 0 Å². The fourth-order valence-electron chi connectivity index (χ4n) is 3.12. The van der Waals surface area contributed by atoms with Gasteiger partial charge in [-0.25, -0.2) is 4.39 Å². The maximum absolute atomic E-state index is 13.6. The average Bonchev–Trinajstić information content (AvgIpc) is 3.17. The van der Waals surface area contributed by atoms with Gasteiger partial charge in [-0.15, -0.1) is 10.2 Å². The Labute approximate surface area is 167 Å². The molecule has 7 heteroatoms. The van der Waals surface area contributed by atoms with Crippen LogP contribution in [0, 0.1) is 5.82 Å². The lowest BCUT2D eigenvalue weighted by molar-refractivity contribution is 0.0944. The van der Waals surface area contributed by atoms with E-state index < -0.39 is 5.91 Å². The molecular formula is C22H20FN5O. The van der Waals surface area contributed by atoms with E-state index in [0.717, 1.165) is 11.9 Å². The monoisotopic (exact) mass is 389 g/mol. The van der Waals surface area contributed by atoms with Crippen molar-refractivity contribution < 1.29 is 9.18 Å². The number of H-pyrrole nitrogens is 1. The van der Waals surface area contributed by atoms with E-state index in [0.29, 0.717) is 17.9 Å². The molecule has 0 fully saturated rings. The Balaban J connectivity index is 1.29. The smallest absolute Gasteiger partial charge is 0.272 e. The molecule has 0 aliphatic heterocycles. The van der Waals surface area contributed by atoms with Crippen LogP contribution in [0.5, 0.6) is 0 Å². The summed E-state index contributed by atoms with van der Waals surface area (Å²) in [7, 11) is 0. The van der Waals surface area contributed by atoms with Gasteiger partial charge in [-0.1, -0.05) is 36.4 Å². The molecule has 6 nitrogen and oxygen atoms in total. The Hall–Kier alpha value is -3.74. The molecule has 0 saturated heterocycles. The second-order valence-corrected chi connectivity index (χ2v) is 6.61. The third kappa shape index (κ3) is 4.40. The lowest BCUT2D eigenvalue weighted by Gasteiger charge is -2.07. The number of aromatic amines is 1. The highest BCUT2D eigenvalue weighted by molar-refractivity contribution is 5.92. The van der Waals surface area contributed by atoms with Crippen molar-refractivity contribution in [1.29, 1.82) is 0 Å². The second kappa shape index (κ2) is 8.52. The van der Waals surface area contributed by atoms with Crippen LogP contribution in [0.15, 0.2) is 66.9 Å². The van der Waals surface area contributed by atoms with Crippen LogP contribution >= 0.6 is 0 Å². The number of carbonyl (C=O) groups is 1. The first kappa shape index (κ1) is 18.6. The topological polar surface area (TPSA) is 82.7 Å². The number of benzene rings is 2. The number of nitrogens with zero attached hydrogens (tertiary/aromatic N) is 2. The number of nitrogens with one attached hydrogen (secondary N) is 3. The fourth-order valence-corrected chi connectivity index (χ4v) is 3.12. The highest BCUT2D eigenvalue weighted by Gasteiger charge is 2.09. The number of amides is 1. The summed E-state index contributed by atoms with van der Waals surface area (Å²) in [4.78, 5) is 15.4. The van der Waals surface area contributed by atoms with Crippen molar-refractivity contribution in [3.63, 3.8) is 0 Å². The molecule has 4 rings (SSSR count). The van der Waals surface area contributed by atoms with Gasteiger partial charge in [0.05, 0.1) is 0 Å². The highest BCUT2D eigenvalue weighted by atomic mass is 19.1. The van der Waals surface area contributed by atoms with E-state index in [4.69, 9.17) is 0 Å². The van der Waals surface area contributed by atoms with Gasteiger partial charge in [0.2, 0.25) is 0 Å². The predicted molar refractivity (Wildman–Crippen MR) is 110 cm³/mol. The Morgan fingerprint density at radius 3 is 2.62 bits per heavy atom. The van der Waals surface area contributed by atoms with E-state index in [2.05, 4.69) is 31.9 Å². The standard InChI is InChI=1S/C22H20FN5O/c23-18-7-3-1-5-16(18)14-26-22(29)20-9-10-21(28-27-20)24-12-11-15-13-25-19-8-4-2-6-17(15)19/h1-10,13,25H,11-12,14H2,(H,24,28)(H,26,29). The third-order valence-corrected chi connectivity index (χ3v) is 4.67. The van der Waals surface area contributed by atoms with Gasteiger partial charge in [0.1, 0.15) is 11.6 Å². The van der Waals surface area contributed by atoms with E-state index >= 15 is 0 Å².